The molecule has 0 radical (unpaired) electrons. The van der Waals surface area contributed by atoms with Crippen molar-refractivity contribution in [3.63, 3.8) is 0 Å². The number of hydrogen-bond donors (Lipinski definition) is 3. The number of aliphatic hydroxyl groups is 1. The van der Waals surface area contributed by atoms with Crippen molar-refractivity contribution in [1.82, 2.24) is 6.15 Å². The van der Waals surface area contributed by atoms with Crippen molar-refractivity contribution in [1.29, 1.82) is 0 Å². The van der Waals surface area contributed by atoms with Gasteiger partial charge < -0.3 is 25.1 Å². The van der Waals surface area contributed by atoms with E-state index in [1.807, 2.05) is 0 Å². The van der Waals surface area contributed by atoms with E-state index in [2.05, 4.69) is 15.7 Å². The molecule has 0 fully saturated rings. The minimum absolute atomic E-state index is 0. The summed E-state index contributed by atoms with van der Waals surface area (Å²) < 4.78 is 30.1. The summed E-state index contributed by atoms with van der Waals surface area (Å²) in [5.41, 5.74) is 4.43. The highest BCUT2D eigenvalue weighted by atomic mass is 32.2. The summed E-state index contributed by atoms with van der Waals surface area (Å²) in [6.07, 6.45) is 5.96. The molecular weight excluding hydrogens is 413 g/mol. The molecule has 2 aliphatic carbocycles. The van der Waals surface area contributed by atoms with Crippen LogP contribution in [0.1, 0.15) is 53.8 Å². The summed E-state index contributed by atoms with van der Waals surface area (Å²) in [5.74, 6) is -0.724. The molecule has 0 saturated heterocycles. The molecule has 9 heteroatoms. The van der Waals surface area contributed by atoms with E-state index in [0.29, 0.717) is 4.88 Å². The monoisotopic (exact) mass is 438 g/mol. The number of benzene rings is 1. The highest BCUT2D eigenvalue weighted by molar-refractivity contribution is 7.78. The van der Waals surface area contributed by atoms with E-state index in [1.54, 1.807) is 0 Å². The molecule has 2 aromatic rings. The van der Waals surface area contributed by atoms with Gasteiger partial charge in [0.05, 0.1) is 5.60 Å². The van der Waals surface area contributed by atoms with E-state index in [4.69, 9.17) is 0 Å². The number of amides is 2. The Labute approximate surface area is 175 Å². The second-order valence-corrected chi connectivity index (χ2v) is 10.2. The standard InChI is InChI=1S/C20H22FN2O3S2.H3N/c1-20(2,25)16-10-15(21)18(27-16)28(26)23-19(24)22-17-13-7-3-5-11(13)9-12-6-4-8-14(12)17;/h9-10,25H,3-8H2,1-2H3,(H,22,24);1H3/q-1;. The second-order valence-electron chi connectivity index (χ2n) is 7.81. The van der Waals surface area contributed by atoms with Gasteiger partial charge >= 0.3 is 6.03 Å². The van der Waals surface area contributed by atoms with Crippen LogP contribution in [0.15, 0.2) is 20.7 Å². The zero-order valence-electron chi connectivity index (χ0n) is 16.5. The highest BCUT2D eigenvalue weighted by Gasteiger charge is 2.25. The largest absolute Gasteiger partial charge is 0.439 e. The SMILES string of the molecule is CC(C)(O)c1cc(F)c([S-](=O)=NC(=O)Nc2c3c(cc4c2CCC4)CCC3)s1.N. The van der Waals surface area contributed by atoms with Crippen LogP contribution in [0.25, 0.3) is 0 Å². The third-order valence-corrected chi connectivity index (χ3v) is 8.03. The van der Waals surface area contributed by atoms with Crippen LogP contribution in [-0.2, 0) is 46.1 Å². The number of carbonyl (C=O) groups excluding carboxylic acids is 1. The smallest absolute Gasteiger partial charge is 0.322 e. The number of nitrogens with zero attached hydrogens (tertiary/aromatic N) is 1. The minimum atomic E-state index is -2.16. The van der Waals surface area contributed by atoms with Crippen LogP contribution in [-0.4, -0.2) is 11.1 Å². The molecule has 1 aromatic heterocycles. The predicted octanol–water partition coefficient (Wildman–Crippen LogP) is 4.99. The Morgan fingerprint density at radius 1 is 1.17 bits per heavy atom. The quantitative estimate of drug-likeness (QED) is 0.586. The van der Waals surface area contributed by atoms with Crippen LogP contribution in [0.2, 0.25) is 0 Å². The number of halogens is 1. The van der Waals surface area contributed by atoms with E-state index in [-0.39, 0.29) is 10.4 Å². The highest BCUT2D eigenvalue weighted by Crippen LogP contribution is 2.38. The Morgan fingerprint density at radius 3 is 2.28 bits per heavy atom. The average Bonchev–Trinajstić information content (AvgIpc) is 3.32. The van der Waals surface area contributed by atoms with Crippen molar-refractivity contribution in [3.8, 4) is 0 Å². The third-order valence-electron chi connectivity index (χ3n) is 5.29. The molecule has 6 nitrogen and oxygen atoms in total. The van der Waals surface area contributed by atoms with Gasteiger partial charge in [-0.05, 0) is 84.9 Å². The zero-order chi connectivity index (χ0) is 20.1. The normalized spacial score (nSPS) is 16.3. The van der Waals surface area contributed by atoms with Crippen molar-refractivity contribution >= 4 is 33.7 Å². The first kappa shape index (κ1) is 21.9. The molecule has 0 aliphatic heterocycles. The van der Waals surface area contributed by atoms with Crippen LogP contribution in [0.3, 0.4) is 0 Å². The molecule has 0 spiro atoms. The first-order valence-corrected chi connectivity index (χ1v) is 11.3. The van der Waals surface area contributed by atoms with Gasteiger partial charge in [-0.1, -0.05) is 6.07 Å². The Morgan fingerprint density at radius 2 is 1.76 bits per heavy atom. The number of carbonyl (C=O) groups is 1. The van der Waals surface area contributed by atoms with Gasteiger partial charge in [-0.3, -0.25) is 0 Å². The van der Waals surface area contributed by atoms with Gasteiger partial charge in [0.1, 0.15) is 5.82 Å². The molecule has 2 aliphatic rings. The van der Waals surface area contributed by atoms with Gasteiger partial charge in [0.25, 0.3) is 0 Å². The van der Waals surface area contributed by atoms with Crippen molar-refractivity contribution in [2.75, 3.05) is 5.32 Å². The van der Waals surface area contributed by atoms with Gasteiger partial charge in [0.15, 0.2) is 0 Å². The number of urea groups is 1. The van der Waals surface area contributed by atoms with E-state index < -0.39 is 28.0 Å². The number of nitrogens with one attached hydrogen (secondary N) is 1. The van der Waals surface area contributed by atoms with Crippen molar-refractivity contribution in [2.45, 2.75) is 62.2 Å². The first-order chi connectivity index (χ1) is 13.2. The van der Waals surface area contributed by atoms with Gasteiger partial charge in [-0.25, -0.2) is 9.18 Å². The van der Waals surface area contributed by atoms with Crippen molar-refractivity contribution < 1.29 is 18.5 Å². The summed E-state index contributed by atoms with van der Waals surface area (Å²) in [6, 6.07) is 2.67. The molecule has 158 valence electrons. The van der Waals surface area contributed by atoms with Crippen LogP contribution >= 0.6 is 11.3 Å². The van der Waals surface area contributed by atoms with Gasteiger partial charge in [0.2, 0.25) is 0 Å². The second kappa shape index (κ2) is 8.14. The number of anilines is 1. The Hall–Kier alpha value is -1.81. The maximum atomic E-state index is 14.1. The number of hydrogen-bond acceptors (Lipinski definition) is 6. The summed E-state index contributed by atoms with van der Waals surface area (Å²) in [5, 5.41) is 12.8. The van der Waals surface area contributed by atoms with Crippen LogP contribution in [0, 0.1) is 5.82 Å². The van der Waals surface area contributed by atoms with Crippen LogP contribution in [0.4, 0.5) is 14.9 Å². The molecule has 0 unspecified atom stereocenters. The van der Waals surface area contributed by atoms with Crippen molar-refractivity contribution in [3.05, 3.63) is 45.1 Å². The summed E-state index contributed by atoms with van der Waals surface area (Å²) in [6.45, 7) is 3.04. The number of aryl methyl sites for hydroxylation is 2. The van der Waals surface area contributed by atoms with E-state index >= 15 is 0 Å². The Kier molecular flexibility index (Phi) is 6.14. The Bertz CT molecular complexity index is 1020. The number of fused-ring (bicyclic) bond motifs is 2. The fourth-order valence-corrected chi connectivity index (χ4v) is 5.93. The van der Waals surface area contributed by atoms with E-state index in [9.17, 15) is 18.5 Å². The molecule has 1 aromatic carbocycles. The maximum absolute atomic E-state index is 14.1. The fourth-order valence-electron chi connectivity index (χ4n) is 3.99. The lowest BCUT2D eigenvalue weighted by atomic mass is 9.99. The topological polar surface area (TPSA) is 114 Å². The minimum Gasteiger partial charge on any atom is -0.439 e. The number of rotatable bonds is 3. The lowest BCUT2D eigenvalue weighted by Crippen LogP contribution is -2.12. The third kappa shape index (κ3) is 4.23. The van der Waals surface area contributed by atoms with Gasteiger partial charge in [-0.15, -0.1) is 10.6 Å². The summed E-state index contributed by atoms with van der Waals surface area (Å²) >= 11 is 0.864. The van der Waals surface area contributed by atoms with Crippen LogP contribution < -0.4 is 11.5 Å². The van der Waals surface area contributed by atoms with Gasteiger partial charge in [-0.2, -0.15) is 11.3 Å². The van der Waals surface area contributed by atoms with Crippen molar-refractivity contribution in [2.24, 2.45) is 4.36 Å². The first-order valence-electron chi connectivity index (χ1n) is 9.37. The maximum Gasteiger partial charge on any atom is 0.322 e. The lowest BCUT2D eigenvalue weighted by molar-refractivity contribution is 0.0823. The molecule has 29 heavy (non-hydrogen) atoms. The molecule has 5 N–H and O–H groups in total. The Balaban J connectivity index is 0.00000240. The fraction of sp³-hybridized carbons (Fsp3) is 0.450. The molecule has 0 saturated carbocycles. The zero-order valence-corrected chi connectivity index (χ0v) is 18.1. The molecule has 4 rings (SSSR count). The summed E-state index contributed by atoms with van der Waals surface area (Å²) in [4.78, 5) is 12.8. The predicted molar refractivity (Wildman–Crippen MR) is 113 cm³/mol. The summed E-state index contributed by atoms with van der Waals surface area (Å²) in [7, 11) is -2.16. The molecular formula is C20H25FN3O3S2-. The van der Waals surface area contributed by atoms with E-state index in [0.717, 1.165) is 72.7 Å². The van der Waals surface area contributed by atoms with Crippen LogP contribution in [0.5, 0.6) is 0 Å². The van der Waals surface area contributed by atoms with E-state index in [1.165, 1.54) is 25.0 Å². The lowest BCUT2D eigenvalue weighted by Gasteiger charge is -2.15. The molecule has 0 atom stereocenters. The molecule has 0 bridgehead atoms. The number of thiophene rings is 1. The molecule has 2 amide bonds. The molecule has 1 heterocycles. The van der Waals surface area contributed by atoms with Gasteiger partial charge in [0, 0.05) is 10.6 Å². The average molecular weight is 439 g/mol.